The number of anilines is 1. The molecule has 0 unspecified atom stereocenters. The quantitative estimate of drug-likeness (QED) is 0.894. The standard InChI is InChI=1S/C13H19ClN2O2/c1-9(2)18-12-6-5-10(7-11(12)14)15-8-13(17)16(3)4/h5-7,9,15H,8H2,1-4H3. The number of nitrogens with one attached hydrogen (secondary N) is 1. The van der Waals surface area contributed by atoms with Crippen molar-refractivity contribution in [1.29, 1.82) is 0 Å². The summed E-state index contributed by atoms with van der Waals surface area (Å²) in [5, 5.41) is 3.55. The number of carbonyl (C=O) groups excluding carboxylic acids is 1. The molecule has 0 aromatic heterocycles. The summed E-state index contributed by atoms with van der Waals surface area (Å²) in [5.74, 6) is 0.657. The van der Waals surface area contributed by atoms with Crippen LogP contribution >= 0.6 is 11.6 Å². The smallest absolute Gasteiger partial charge is 0.241 e. The Morgan fingerprint density at radius 2 is 2.11 bits per heavy atom. The SMILES string of the molecule is CC(C)Oc1ccc(NCC(=O)N(C)C)cc1Cl. The highest BCUT2D eigenvalue weighted by Gasteiger charge is 2.07. The Morgan fingerprint density at radius 3 is 2.61 bits per heavy atom. The van der Waals surface area contributed by atoms with Crippen molar-refractivity contribution in [3.63, 3.8) is 0 Å². The van der Waals surface area contributed by atoms with Crippen molar-refractivity contribution in [2.75, 3.05) is 26.0 Å². The molecule has 1 aromatic rings. The first-order valence-electron chi connectivity index (χ1n) is 5.80. The van der Waals surface area contributed by atoms with Crippen molar-refractivity contribution in [1.82, 2.24) is 4.90 Å². The van der Waals surface area contributed by atoms with Gasteiger partial charge in [0.25, 0.3) is 0 Å². The monoisotopic (exact) mass is 270 g/mol. The summed E-state index contributed by atoms with van der Waals surface area (Å²) >= 11 is 6.09. The van der Waals surface area contributed by atoms with Gasteiger partial charge in [0, 0.05) is 19.8 Å². The Bertz CT molecular complexity index is 419. The summed E-state index contributed by atoms with van der Waals surface area (Å²) in [6, 6.07) is 5.39. The summed E-state index contributed by atoms with van der Waals surface area (Å²) in [6.07, 6.45) is 0.0802. The number of carbonyl (C=O) groups is 1. The molecule has 1 amide bonds. The average molecular weight is 271 g/mol. The molecule has 0 saturated heterocycles. The Labute approximate surface area is 113 Å². The first-order valence-corrected chi connectivity index (χ1v) is 6.18. The van der Waals surface area contributed by atoms with E-state index in [9.17, 15) is 4.79 Å². The van der Waals surface area contributed by atoms with Crippen molar-refractivity contribution in [2.45, 2.75) is 20.0 Å². The minimum atomic E-state index is 0.00799. The molecule has 1 N–H and O–H groups in total. The number of ether oxygens (including phenoxy) is 1. The predicted octanol–water partition coefficient (Wildman–Crippen LogP) is 2.63. The van der Waals surface area contributed by atoms with Gasteiger partial charge in [-0.05, 0) is 32.0 Å². The van der Waals surface area contributed by atoms with Crippen LogP contribution in [0, 0.1) is 0 Å². The average Bonchev–Trinajstić information content (AvgIpc) is 2.28. The number of benzene rings is 1. The fourth-order valence-electron chi connectivity index (χ4n) is 1.30. The molecule has 1 aromatic carbocycles. The van der Waals surface area contributed by atoms with Crippen LogP contribution < -0.4 is 10.1 Å². The topological polar surface area (TPSA) is 41.6 Å². The van der Waals surface area contributed by atoms with Gasteiger partial charge >= 0.3 is 0 Å². The fraction of sp³-hybridized carbons (Fsp3) is 0.462. The molecule has 0 aliphatic carbocycles. The van der Waals surface area contributed by atoms with Crippen LogP contribution in [0.4, 0.5) is 5.69 Å². The van der Waals surface area contributed by atoms with E-state index in [1.54, 1.807) is 26.2 Å². The molecule has 0 radical (unpaired) electrons. The second kappa shape index (κ2) is 6.50. The Kier molecular flexibility index (Phi) is 5.28. The third-order valence-electron chi connectivity index (χ3n) is 2.24. The maximum atomic E-state index is 11.4. The van der Waals surface area contributed by atoms with Crippen molar-refractivity contribution in [3.8, 4) is 5.75 Å². The van der Waals surface area contributed by atoms with Gasteiger partial charge in [-0.1, -0.05) is 11.6 Å². The van der Waals surface area contributed by atoms with Crippen LogP contribution in [0.5, 0.6) is 5.75 Å². The molecule has 0 aliphatic heterocycles. The van der Waals surface area contributed by atoms with E-state index in [1.807, 2.05) is 19.9 Å². The van der Waals surface area contributed by atoms with E-state index >= 15 is 0 Å². The lowest BCUT2D eigenvalue weighted by Gasteiger charge is -2.14. The van der Waals surface area contributed by atoms with Crippen LogP contribution in [0.3, 0.4) is 0 Å². The summed E-state index contributed by atoms with van der Waals surface area (Å²) < 4.78 is 5.53. The molecule has 18 heavy (non-hydrogen) atoms. The Balaban J connectivity index is 2.64. The number of rotatable bonds is 5. The van der Waals surface area contributed by atoms with E-state index in [0.29, 0.717) is 10.8 Å². The molecule has 0 aliphatic rings. The second-order valence-corrected chi connectivity index (χ2v) is 4.86. The highest BCUT2D eigenvalue weighted by Crippen LogP contribution is 2.28. The number of amides is 1. The van der Waals surface area contributed by atoms with Gasteiger partial charge < -0.3 is 15.0 Å². The normalized spacial score (nSPS) is 10.3. The second-order valence-electron chi connectivity index (χ2n) is 4.45. The number of nitrogens with zero attached hydrogens (tertiary/aromatic N) is 1. The molecule has 0 fully saturated rings. The van der Waals surface area contributed by atoms with E-state index < -0.39 is 0 Å². The maximum absolute atomic E-state index is 11.4. The Morgan fingerprint density at radius 1 is 1.44 bits per heavy atom. The summed E-state index contributed by atoms with van der Waals surface area (Å²) in [4.78, 5) is 13.0. The number of likely N-dealkylation sites (N-methyl/N-ethyl adjacent to an activating group) is 1. The molecule has 4 nitrogen and oxygen atoms in total. The first-order chi connectivity index (χ1) is 8.40. The maximum Gasteiger partial charge on any atom is 0.241 e. The van der Waals surface area contributed by atoms with Gasteiger partial charge in [0.15, 0.2) is 0 Å². The highest BCUT2D eigenvalue weighted by atomic mass is 35.5. The lowest BCUT2D eigenvalue weighted by Crippen LogP contribution is -2.28. The van der Waals surface area contributed by atoms with Crippen molar-refractivity contribution >= 4 is 23.2 Å². The van der Waals surface area contributed by atoms with Crippen LogP contribution in [0.15, 0.2) is 18.2 Å². The third-order valence-corrected chi connectivity index (χ3v) is 2.53. The zero-order valence-electron chi connectivity index (χ0n) is 11.2. The number of halogens is 1. The summed E-state index contributed by atoms with van der Waals surface area (Å²) in [6.45, 7) is 4.13. The molecule has 0 bridgehead atoms. The summed E-state index contributed by atoms with van der Waals surface area (Å²) in [5.41, 5.74) is 0.798. The molecule has 1 rings (SSSR count). The van der Waals surface area contributed by atoms with E-state index in [2.05, 4.69) is 5.32 Å². The summed E-state index contributed by atoms with van der Waals surface area (Å²) in [7, 11) is 3.44. The fourth-order valence-corrected chi connectivity index (χ4v) is 1.52. The van der Waals surface area contributed by atoms with Crippen LogP contribution in [0.1, 0.15) is 13.8 Å². The van der Waals surface area contributed by atoms with Crippen LogP contribution in [-0.4, -0.2) is 37.6 Å². The van der Waals surface area contributed by atoms with Gasteiger partial charge in [-0.15, -0.1) is 0 Å². The van der Waals surface area contributed by atoms with E-state index in [-0.39, 0.29) is 18.6 Å². The predicted molar refractivity (Wildman–Crippen MR) is 74.4 cm³/mol. The minimum absolute atomic E-state index is 0.00799. The largest absolute Gasteiger partial charge is 0.489 e. The van der Waals surface area contributed by atoms with Gasteiger partial charge in [0.1, 0.15) is 5.75 Å². The molecule has 0 heterocycles. The zero-order valence-corrected chi connectivity index (χ0v) is 11.9. The molecule has 0 spiro atoms. The number of hydrogen-bond donors (Lipinski definition) is 1. The van der Waals surface area contributed by atoms with Crippen LogP contribution in [0.25, 0.3) is 0 Å². The van der Waals surface area contributed by atoms with Gasteiger partial charge in [-0.25, -0.2) is 0 Å². The van der Waals surface area contributed by atoms with E-state index in [1.165, 1.54) is 4.90 Å². The van der Waals surface area contributed by atoms with E-state index in [0.717, 1.165) is 5.69 Å². The molecule has 100 valence electrons. The molecule has 0 saturated carbocycles. The molecular formula is C13H19ClN2O2. The lowest BCUT2D eigenvalue weighted by atomic mass is 10.3. The Hall–Kier alpha value is -1.42. The highest BCUT2D eigenvalue weighted by molar-refractivity contribution is 6.32. The molecule has 0 atom stereocenters. The minimum Gasteiger partial charge on any atom is -0.489 e. The first kappa shape index (κ1) is 14.6. The van der Waals surface area contributed by atoms with Crippen LogP contribution in [-0.2, 0) is 4.79 Å². The molecule has 5 heteroatoms. The molecular weight excluding hydrogens is 252 g/mol. The van der Waals surface area contributed by atoms with Crippen molar-refractivity contribution < 1.29 is 9.53 Å². The lowest BCUT2D eigenvalue weighted by molar-refractivity contribution is -0.126. The van der Waals surface area contributed by atoms with Gasteiger partial charge in [-0.3, -0.25) is 4.79 Å². The van der Waals surface area contributed by atoms with Crippen molar-refractivity contribution in [3.05, 3.63) is 23.2 Å². The van der Waals surface area contributed by atoms with E-state index in [4.69, 9.17) is 16.3 Å². The number of hydrogen-bond acceptors (Lipinski definition) is 3. The van der Waals surface area contributed by atoms with Gasteiger partial charge in [-0.2, -0.15) is 0 Å². The third kappa shape index (κ3) is 4.45. The van der Waals surface area contributed by atoms with Crippen LogP contribution in [0.2, 0.25) is 5.02 Å². The van der Waals surface area contributed by atoms with Gasteiger partial charge in [0.2, 0.25) is 5.91 Å². The van der Waals surface area contributed by atoms with Gasteiger partial charge in [0.05, 0.1) is 17.7 Å². The van der Waals surface area contributed by atoms with Crippen molar-refractivity contribution in [2.24, 2.45) is 0 Å². The zero-order chi connectivity index (χ0) is 13.7.